The van der Waals surface area contributed by atoms with Gasteiger partial charge in [-0.2, -0.15) is 12.7 Å². The standard InChI is InChI=1S/C14H25N3O2S/c1-3-15-11-7-13-17(2)20(18,19)16-12-10-14-8-5-4-6-9-14/h4-6,8-9,15-16H,3,7,10-13H2,1-2H3. The lowest BCUT2D eigenvalue weighted by atomic mass is 10.2. The molecule has 0 spiro atoms. The average molecular weight is 299 g/mol. The van der Waals surface area contributed by atoms with Gasteiger partial charge < -0.3 is 5.32 Å². The van der Waals surface area contributed by atoms with Crippen molar-refractivity contribution in [1.29, 1.82) is 0 Å². The van der Waals surface area contributed by atoms with E-state index in [1.54, 1.807) is 7.05 Å². The molecule has 0 bridgehead atoms. The van der Waals surface area contributed by atoms with E-state index in [4.69, 9.17) is 0 Å². The number of hydrogen-bond donors (Lipinski definition) is 2. The van der Waals surface area contributed by atoms with Gasteiger partial charge in [0, 0.05) is 20.1 Å². The van der Waals surface area contributed by atoms with E-state index in [1.165, 1.54) is 4.31 Å². The van der Waals surface area contributed by atoms with Crippen molar-refractivity contribution in [2.75, 3.05) is 33.2 Å². The smallest absolute Gasteiger partial charge is 0.279 e. The van der Waals surface area contributed by atoms with Crippen LogP contribution in [-0.4, -0.2) is 45.9 Å². The van der Waals surface area contributed by atoms with E-state index in [9.17, 15) is 8.42 Å². The van der Waals surface area contributed by atoms with Crippen LogP contribution in [0.5, 0.6) is 0 Å². The zero-order valence-corrected chi connectivity index (χ0v) is 13.1. The number of benzene rings is 1. The summed E-state index contributed by atoms with van der Waals surface area (Å²) >= 11 is 0. The Balaban J connectivity index is 2.29. The van der Waals surface area contributed by atoms with Crippen LogP contribution in [0, 0.1) is 0 Å². The number of hydrogen-bond acceptors (Lipinski definition) is 3. The molecule has 0 aliphatic rings. The first-order valence-corrected chi connectivity index (χ1v) is 8.46. The number of nitrogens with zero attached hydrogens (tertiary/aromatic N) is 1. The van der Waals surface area contributed by atoms with E-state index in [0.29, 0.717) is 19.5 Å². The van der Waals surface area contributed by atoms with Crippen LogP contribution in [0.15, 0.2) is 30.3 Å². The van der Waals surface area contributed by atoms with E-state index in [2.05, 4.69) is 10.0 Å². The molecular formula is C14H25N3O2S. The highest BCUT2D eigenvalue weighted by Crippen LogP contribution is 2.00. The minimum absolute atomic E-state index is 0.421. The normalized spacial score (nSPS) is 11.9. The van der Waals surface area contributed by atoms with Crippen LogP contribution in [0.4, 0.5) is 0 Å². The molecule has 0 amide bonds. The third-order valence-corrected chi connectivity index (χ3v) is 4.60. The molecule has 2 N–H and O–H groups in total. The molecule has 0 aliphatic carbocycles. The third-order valence-electron chi connectivity index (χ3n) is 3.03. The molecule has 1 rings (SSSR count). The molecule has 0 atom stereocenters. The molecular weight excluding hydrogens is 274 g/mol. The van der Waals surface area contributed by atoms with Crippen molar-refractivity contribution in [2.45, 2.75) is 19.8 Å². The largest absolute Gasteiger partial charge is 0.317 e. The summed E-state index contributed by atoms with van der Waals surface area (Å²) in [5.41, 5.74) is 1.13. The van der Waals surface area contributed by atoms with Gasteiger partial charge in [0.1, 0.15) is 0 Å². The van der Waals surface area contributed by atoms with Crippen LogP contribution in [0.25, 0.3) is 0 Å². The Morgan fingerprint density at radius 3 is 2.50 bits per heavy atom. The maximum Gasteiger partial charge on any atom is 0.279 e. The minimum atomic E-state index is -3.36. The monoisotopic (exact) mass is 299 g/mol. The van der Waals surface area contributed by atoms with Crippen LogP contribution in [0.3, 0.4) is 0 Å². The fourth-order valence-corrected chi connectivity index (χ4v) is 2.75. The minimum Gasteiger partial charge on any atom is -0.317 e. The summed E-state index contributed by atoms with van der Waals surface area (Å²) in [5.74, 6) is 0. The van der Waals surface area contributed by atoms with Gasteiger partial charge in [-0.3, -0.25) is 0 Å². The molecule has 1 aromatic rings. The number of nitrogens with one attached hydrogen (secondary N) is 2. The lowest BCUT2D eigenvalue weighted by Crippen LogP contribution is -2.40. The quantitative estimate of drug-likeness (QED) is 0.634. The van der Waals surface area contributed by atoms with Gasteiger partial charge in [0.2, 0.25) is 0 Å². The van der Waals surface area contributed by atoms with Crippen molar-refractivity contribution in [3.63, 3.8) is 0 Å². The molecule has 6 heteroatoms. The summed E-state index contributed by atoms with van der Waals surface area (Å²) in [6.07, 6.45) is 1.51. The molecule has 0 saturated heterocycles. The first-order chi connectivity index (χ1) is 9.56. The highest BCUT2D eigenvalue weighted by Gasteiger charge is 2.15. The Morgan fingerprint density at radius 1 is 1.15 bits per heavy atom. The fraction of sp³-hybridized carbons (Fsp3) is 0.571. The van der Waals surface area contributed by atoms with Gasteiger partial charge in [-0.15, -0.1) is 0 Å². The fourth-order valence-electron chi connectivity index (χ4n) is 1.80. The lowest BCUT2D eigenvalue weighted by Gasteiger charge is -2.17. The Labute approximate surface area is 122 Å². The van der Waals surface area contributed by atoms with Crippen molar-refractivity contribution in [3.8, 4) is 0 Å². The first-order valence-electron chi connectivity index (χ1n) is 7.02. The Kier molecular flexibility index (Phi) is 7.76. The van der Waals surface area contributed by atoms with Crippen LogP contribution >= 0.6 is 0 Å². The average Bonchev–Trinajstić information content (AvgIpc) is 2.44. The summed E-state index contributed by atoms with van der Waals surface area (Å²) in [4.78, 5) is 0. The molecule has 114 valence electrons. The molecule has 0 saturated carbocycles. The van der Waals surface area contributed by atoms with Crippen LogP contribution < -0.4 is 10.0 Å². The summed E-state index contributed by atoms with van der Waals surface area (Å²) in [6.45, 7) is 4.72. The maximum absolute atomic E-state index is 12.0. The van der Waals surface area contributed by atoms with E-state index in [1.807, 2.05) is 37.3 Å². The highest BCUT2D eigenvalue weighted by atomic mass is 32.2. The zero-order valence-electron chi connectivity index (χ0n) is 12.3. The second-order valence-corrected chi connectivity index (χ2v) is 6.53. The lowest BCUT2D eigenvalue weighted by molar-refractivity contribution is 0.446. The predicted octanol–water partition coefficient (Wildman–Crippen LogP) is 0.995. The Morgan fingerprint density at radius 2 is 1.85 bits per heavy atom. The number of rotatable bonds is 10. The van der Waals surface area contributed by atoms with Gasteiger partial charge in [0.15, 0.2) is 0 Å². The Bertz CT molecular complexity index is 463. The van der Waals surface area contributed by atoms with Gasteiger partial charge in [0.05, 0.1) is 0 Å². The van der Waals surface area contributed by atoms with Gasteiger partial charge >= 0.3 is 0 Å². The predicted molar refractivity (Wildman–Crippen MR) is 82.9 cm³/mol. The second-order valence-electron chi connectivity index (χ2n) is 4.66. The van der Waals surface area contributed by atoms with Gasteiger partial charge in [0.25, 0.3) is 10.2 Å². The first kappa shape index (κ1) is 17.1. The van der Waals surface area contributed by atoms with E-state index in [0.717, 1.165) is 25.1 Å². The van der Waals surface area contributed by atoms with Crippen LogP contribution in [0.1, 0.15) is 18.9 Å². The molecule has 1 aromatic carbocycles. The molecule has 0 radical (unpaired) electrons. The van der Waals surface area contributed by atoms with E-state index >= 15 is 0 Å². The second kappa shape index (κ2) is 9.07. The van der Waals surface area contributed by atoms with E-state index < -0.39 is 10.2 Å². The van der Waals surface area contributed by atoms with Crippen LogP contribution in [-0.2, 0) is 16.6 Å². The molecule has 5 nitrogen and oxygen atoms in total. The summed E-state index contributed by atoms with van der Waals surface area (Å²) in [6, 6.07) is 9.85. The van der Waals surface area contributed by atoms with Crippen molar-refractivity contribution >= 4 is 10.2 Å². The summed E-state index contributed by atoms with van der Waals surface area (Å²) in [7, 11) is -1.75. The molecule has 0 aromatic heterocycles. The summed E-state index contributed by atoms with van der Waals surface area (Å²) in [5, 5.41) is 3.18. The van der Waals surface area contributed by atoms with Crippen LogP contribution in [0.2, 0.25) is 0 Å². The maximum atomic E-state index is 12.0. The van der Waals surface area contributed by atoms with E-state index in [-0.39, 0.29) is 0 Å². The molecule has 20 heavy (non-hydrogen) atoms. The van der Waals surface area contributed by atoms with Gasteiger partial charge in [-0.05, 0) is 31.5 Å². The molecule has 0 unspecified atom stereocenters. The third kappa shape index (κ3) is 6.47. The highest BCUT2D eigenvalue weighted by molar-refractivity contribution is 7.87. The molecule has 0 fully saturated rings. The van der Waals surface area contributed by atoms with Crippen molar-refractivity contribution in [3.05, 3.63) is 35.9 Å². The SMILES string of the molecule is CCNCCCN(C)S(=O)(=O)NCCc1ccccc1. The van der Waals surface area contributed by atoms with Gasteiger partial charge in [-0.25, -0.2) is 4.72 Å². The molecule has 0 heterocycles. The molecule has 0 aliphatic heterocycles. The summed E-state index contributed by atoms with van der Waals surface area (Å²) < 4.78 is 28.0. The zero-order chi connectivity index (χ0) is 14.8. The topological polar surface area (TPSA) is 61.4 Å². The Hall–Kier alpha value is -0.950. The van der Waals surface area contributed by atoms with Crippen molar-refractivity contribution in [2.24, 2.45) is 0 Å². The van der Waals surface area contributed by atoms with Gasteiger partial charge in [-0.1, -0.05) is 37.3 Å². The van der Waals surface area contributed by atoms with Crippen molar-refractivity contribution < 1.29 is 8.42 Å². The van der Waals surface area contributed by atoms with Crippen molar-refractivity contribution in [1.82, 2.24) is 14.3 Å².